The van der Waals surface area contributed by atoms with Gasteiger partial charge in [-0.15, -0.1) is 0 Å². The zero-order chi connectivity index (χ0) is 16.7. The Balaban J connectivity index is 1.75. The first-order valence-corrected chi connectivity index (χ1v) is 7.97. The number of nitrogens with zero attached hydrogens (tertiary/aromatic N) is 1. The van der Waals surface area contributed by atoms with Crippen molar-refractivity contribution in [1.29, 1.82) is 0 Å². The molecule has 23 heavy (non-hydrogen) atoms. The molecule has 1 N–H and O–H groups in total. The average Bonchev–Trinajstić information content (AvgIpc) is 2.60. The van der Waals surface area contributed by atoms with Crippen LogP contribution in [0.3, 0.4) is 0 Å². The van der Waals surface area contributed by atoms with Gasteiger partial charge in [-0.25, -0.2) is 0 Å². The Morgan fingerprint density at radius 1 is 1.26 bits per heavy atom. The largest absolute Gasteiger partial charge is 0.484 e. The molecule has 0 spiro atoms. The first kappa shape index (κ1) is 17.3. The summed E-state index contributed by atoms with van der Waals surface area (Å²) in [5.41, 5.74) is 1.21. The summed E-state index contributed by atoms with van der Waals surface area (Å²) < 4.78 is 10.6. The molecule has 1 aromatic carbocycles. The summed E-state index contributed by atoms with van der Waals surface area (Å²) >= 11 is 0. The van der Waals surface area contributed by atoms with Gasteiger partial charge in [0.1, 0.15) is 11.8 Å². The summed E-state index contributed by atoms with van der Waals surface area (Å²) in [4.78, 5) is 25.8. The third-order valence-electron chi connectivity index (χ3n) is 3.77. The van der Waals surface area contributed by atoms with Gasteiger partial charge in [0, 0.05) is 13.1 Å². The lowest BCUT2D eigenvalue weighted by Gasteiger charge is -2.29. The minimum Gasteiger partial charge on any atom is -0.484 e. The van der Waals surface area contributed by atoms with Crippen LogP contribution in [0.15, 0.2) is 24.3 Å². The monoisotopic (exact) mass is 320 g/mol. The fourth-order valence-corrected chi connectivity index (χ4v) is 2.37. The van der Waals surface area contributed by atoms with E-state index >= 15 is 0 Å². The van der Waals surface area contributed by atoms with E-state index in [1.807, 2.05) is 24.3 Å². The van der Waals surface area contributed by atoms with Crippen molar-refractivity contribution in [2.24, 2.45) is 0 Å². The number of carbonyl (C=O) groups is 2. The van der Waals surface area contributed by atoms with Crippen LogP contribution in [0.25, 0.3) is 0 Å². The molecule has 0 unspecified atom stereocenters. The van der Waals surface area contributed by atoms with Gasteiger partial charge < -0.3 is 19.7 Å². The first-order chi connectivity index (χ1) is 11.1. The van der Waals surface area contributed by atoms with Gasteiger partial charge in [-0.2, -0.15) is 0 Å². The van der Waals surface area contributed by atoms with Crippen LogP contribution >= 0.6 is 0 Å². The van der Waals surface area contributed by atoms with Gasteiger partial charge in [-0.05, 0) is 31.0 Å². The normalized spacial score (nSPS) is 15.8. The van der Waals surface area contributed by atoms with Gasteiger partial charge in [0.15, 0.2) is 6.61 Å². The van der Waals surface area contributed by atoms with E-state index in [0.717, 1.165) is 6.42 Å². The van der Waals surface area contributed by atoms with Crippen molar-refractivity contribution < 1.29 is 19.1 Å². The second kappa shape index (κ2) is 8.53. The van der Waals surface area contributed by atoms with Crippen molar-refractivity contribution in [3.05, 3.63) is 29.8 Å². The topological polar surface area (TPSA) is 67.9 Å². The Morgan fingerprint density at radius 3 is 2.52 bits per heavy atom. The summed E-state index contributed by atoms with van der Waals surface area (Å²) in [6.07, 6.45) is 0.960. The van der Waals surface area contributed by atoms with Crippen LogP contribution in [-0.4, -0.2) is 55.7 Å². The molecule has 6 heteroatoms. The van der Waals surface area contributed by atoms with Crippen molar-refractivity contribution in [3.8, 4) is 5.75 Å². The molecule has 0 aliphatic carbocycles. The van der Waals surface area contributed by atoms with E-state index in [9.17, 15) is 9.59 Å². The van der Waals surface area contributed by atoms with Crippen LogP contribution in [0, 0.1) is 0 Å². The number of hydrogen-bond acceptors (Lipinski definition) is 4. The SMILES string of the molecule is CCc1ccc(OCC(=O)N[C@H](C)C(=O)N2CCOCC2)cc1. The third-order valence-corrected chi connectivity index (χ3v) is 3.77. The molecular weight excluding hydrogens is 296 g/mol. The summed E-state index contributed by atoms with van der Waals surface area (Å²) in [5, 5.41) is 2.67. The van der Waals surface area contributed by atoms with E-state index in [1.165, 1.54) is 5.56 Å². The number of aryl methyl sites for hydroxylation is 1. The van der Waals surface area contributed by atoms with E-state index < -0.39 is 6.04 Å². The first-order valence-electron chi connectivity index (χ1n) is 7.97. The fourth-order valence-electron chi connectivity index (χ4n) is 2.37. The number of carbonyl (C=O) groups excluding carboxylic acids is 2. The lowest BCUT2D eigenvalue weighted by atomic mass is 10.2. The molecule has 0 saturated carbocycles. The second-order valence-corrected chi connectivity index (χ2v) is 5.51. The minimum atomic E-state index is -0.563. The Hall–Kier alpha value is -2.08. The molecule has 126 valence electrons. The molecule has 1 aliphatic heterocycles. The van der Waals surface area contributed by atoms with E-state index in [2.05, 4.69) is 12.2 Å². The minimum absolute atomic E-state index is 0.0889. The molecule has 0 bridgehead atoms. The van der Waals surface area contributed by atoms with Crippen molar-refractivity contribution >= 4 is 11.8 Å². The Morgan fingerprint density at radius 2 is 1.91 bits per heavy atom. The van der Waals surface area contributed by atoms with Crippen LogP contribution < -0.4 is 10.1 Å². The number of ether oxygens (including phenoxy) is 2. The van der Waals surface area contributed by atoms with E-state index in [1.54, 1.807) is 11.8 Å². The Labute approximate surface area is 136 Å². The molecular formula is C17H24N2O4. The average molecular weight is 320 g/mol. The molecule has 1 heterocycles. The summed E-state index contributed by atoms with van der Waals surface area (Å²) in [5.74, 6) is 0.247. The lowest BCUT2D eigenvalue weighted by Crippen LogP contribution is -2.51. The molecule has 1 fully saturated rings. The molecule has 0 radical (unpaired) electrons. The Bertz CT molecular complexity index is 524. The number of amides is 2. The zero-order valence-corrected chi connectivity index (χ0v) is 13.7. The number of morpholine rings is 1. The number of nitrogens with one attached hydrogen (secondary N) is 1. The highest BCUT2D eigenvalue weighted by Gasteiger charge is 2.23. The van der Waals surface area contributed by atoms with E-state index in [4.69, 9.17) is 9.47 Å². The maximum atomic E-state index is 12.2. The maximum absolute atomic E-state index is 12.2. The van der Waals surface area contributed by atoms with Crippen LogP contribution in [0.1, 0.15) is 19.4 Å². The molecule has 2 rings (SSSR count). The molecule has 2 amide bonds. The van der Waals surface area contributed by atoms with Gasteiger partial charge in [-0.1, -0.05) is 19.1 Å². The number of benzene rings is 1. The molecule has 1 aromatic rings. The van der Waals surface area contributed by atoms with Gasteiger partial charge in [-0.3, -0.25) is 9.59 Å². The van der Waals surface area contributed by atoms with Crippen LogP contribution in [0.2, 0.25) is 0 Å². The summed E-state index contributed by atoms with van der Waals surface area (Å²) in [7, 11) is 0. The molecule has 0 aromatic heterocycles. The van der Waals surface area contributed by atoms with Crippen molar-refractivity contribution in [2.75, 3.05) is 32.9 Å². The van der Waals surface area contributed by atoms with Crippen LogP contribution in [-0.2, 0) is 20.7 Å². The zero-order valence-electron chi connectivity index (χ0n) is 13.7. The molecule has 6 nitrogen and oxygen atoms in total. The van der Waals surface area contributed by atoms with Crippen LogP contribution in [0.4, 0.5) is 0 Å². The summed E-state index contributed by atoms with van der Waals surface area (Å²) in [6.45, 7) is 5.89. The molecule has 1 saturated heterocycles. The van der Waals surface area contributed by atoms with Gasteiger partial charge in [0.2, 0.25) is 5.91 Å². The second-order valence-electron chi connectivity index (χ2n) is 5.51. The van der Waals surface area contributed by atoms with E-state index in [-0.39, 0.29) is 18.4 Å². The molecule has 1 aliphatic rings. The predicted molar refractivity (Wildman–Crippen MR) is 86.3 cm³/mol. The maximum Gasteiger partial charge on any atom is 0.258 e. The van der Waals surface area contributed by atoms with Gasteiger partial charge >= 0.3 is 0 Å². The standard InChI is InChI=1S/C17H24N2O4/c1-3-14-4-6-15(7-5-14)23-12-16(20)18-13(2)17(21)19-8-10-22-11-9-19/h4-7,13H,3,8-12H2,1-2H3,(H,18,20)/t13-/m1/s1. The smallest absolute Gasteiger partial charge is 0.258 e. The highest BCUT2D eigenvalue weighted by atomic mass is 16.5. The predicted octanol–water partition coefficient (Wildman–Crippen LogP) is 0.991. The Kier molecular flexibility index (Phi) is 6.40. The van der Waals surface area contributed by atoms with Gasteiger partial charge in [0.05, 0.1) is 13.2 Å². The van der Waals surface area contributed by atoms with Crippen molar-refractivity contribution in [1.82, 2.24) is 10.2 Å². The third kappa shape index (κ3) is 5.25. The van der Waals surface area contributed by atoms with Gasteiger partial charge in [0.25, 0.3) is 5.91 Å². The highest BCUT2D eigenvalue weighted by Crippen LogP contribution is 2.12. The molecule has 1 atom stereocenters. The van der Waals surface area contributed by atoms with Crippen molar-refractivity contribution in [3.63, 3.8) is 0 Å². The van der Waals surface area contributed by atoms with E-state index in [0.29, 0.717) is 32.1 Å². The fraction of sp³-hybridized carbons (Fsp3) is 0.529. The lowest BCUT2D eigenvalue weighted by molar-refractivity contribution is -0.139. The summed E-state index contributed by atoms with van der Waals surface area (Å²) in [6, 6.07) is 7.06. The quantitative estimate of drug-likeness (QED) is 0.849. The number of hydrogen-bond donors (Lipinski definition) is 1. The highest BCUT2D eigenvalue weighted by molar-refractivity contribution is 5.87. The van der Waals surface area contributed by atoms with Crippen molar-refractivity contribution in [2.45, 2.75) is 26.3 Å². The number of rotatable bonds is 6. The van der Waals surface area contributed by atoms with Crippen LogP contribution in [0.5, 0.6) is 5.75 Å².